The first-order chi connectivity index (χ1) is 8.83. The van der Waals surface area contributed by atoms with Crippen LogP contribution in [0.2, 0.25) is 0 Å². The molecule has 9 heteroatoms. The molecule has 0 aromatic rings. The topological polar surface area (TPSA) is 143 Å². The second-order valence-corrected chi connectivity index (χ2v) is 3.71. The molecule has 0 aromatic carbocycles. The lowest BCUT2D eigenvalue weighted by molar-refractivity contribution is -0.189. The van der Waals surface area contributed by atoms with Crippen molar-refractivity contribution in [3.8, 4) is 0 Å². The molecule has 0 aliphatic rings. The lowest BCUT2D eigenvalue weighted by Gasteiger charge is -2.23. The Morgan fingerprint density at radius 2 is 1.89 bits per heavy atom. The van der Waals surface area contributed by atoms with Crippen molar-refractivity contribution in [2.75, 3.05) is 20.7 Å². The lowest BCUT2D eigenvalue weighted by Crippen LogP contribution is -2.45. The first-order valence-corrected chi connectivity index (χ1v) is 5.47. The molecular weight excluding hydrogens is 260 g/mol. The van der Waals surface area contributed by atoms with Crippen molar-refractivity contribution in [2.24, 2.45) is 0 Å². The molecule has 0 spiro atoms. The average Bonchev–Trinajstić information content (AvgIpc) is 2.41. The Balaban J connectivity index is 4.35. The first-order valence-electron chi connectivity index (χ1n) is 5.47. The van der Waals surface area contributed by atoms with Crippen molar-refractivity contribution >= 4 is 5.97 Å². The van der Waals surface area contributed by atoms with Gasteiger partial charge in [0.2, 0.25) is 0 Å². The molecule has 0 aromatic heterocycles. The second kappa shape index (κ2) is 8.93. The third kappa shape index (κ3) is 6.59. The van der Waals surface area contributed by atoms with E-state index >= 15 is 0 Å². The van der Waals surface area contributed by atoms with E-state index in [4.69, 9.17) is 10.2 Å². The molecule has 0 heterocycles. The minimum atomic E-state index is -1.76. The predicted molar refractivity (Wildman–Crippen MR) is 63.2 cm³/mol. The maximum absolute atomic E-state index is 11.2. The first kappa shape index (κ1) is 17.9. The second-order valence-electron chi connectivity index (χ2n) is 3.71. The van der Waals surface area contributed by atoms with Crippen LogP contribution in [0.15, 0.2) is 12.2 Å². The number of hydrogen-bond acceptors (Lipinski definition) is 9. The quantitative estimate of drug-likeness (QED) is 0.197. The number of hydrazine groups is 1. The summed E-state index contributed by atoms with van der Waals surface area (Å²) in [4.78, 5) is 15.8. The number of hydrogen-bond donors (Lipinski definition) is 6. The molecule has 112 valence electrons. The van der Waals surface area contributed by atoms with Crippen LogP contribution in [0.25, 0.3) is 0 Å². The fourth-order valence-corrected chi connectivity index (χ4v) is 1.04. The van der Waals surface area contributed by atoms with Gasteiger partial charge in [-0.05, 0) is 6.08 Å². The van der Waals surface area contributed by atoms with Gasteiger partial charge in [0.25, 0.3) is 0 Å². The van der Waals surface area contributed by atoms with Crippen LogP contribution in [0.1, 0.15) is 0 Å². The van der Waals surface area contributed by atoms with Crippen molar-refractivity contribution in [3.63, 3.8) is 0 Å². The summed E-state index contributed by atoms with van der Waals surface area (Å²) < 4.78 is 0. The van der Waals surface area contributed by atoms with Crippen molar-refractivity contribution in [1.29, 1.82) is 0 Å². The Morgan fingerprint density at radius 3 is 2.37 bits per heavy atom. The Labute approximate surface area is 110 Å². The van der Waals surface area contributed by atoms with Crippen LogP contribution < -0.4 is 5.43 Å². The lowest BCUT2D eigenvalue weighted by atomic mass is 10.0. The number of nitrogens with zero attached hydrogens (tertiary/aromatic N) is 1. The average molecular weight is 280 g/mol. The molecule has 0 bridgehead atoms. The summed E-state index contributed by atoms with van der Waals surface area (Å²) in [6.45, 7) is -0.774. The molecule has 9 nitrogen and oxygen atoms in total. The zero-order valence-electron chi connectivity index (χ0n) is 10.7. The van der Waals surface area contributed by atoms with Gasteiger partial charge < -0.3 is 30.4 Å². The van der Waals surface area contributed by atoms with Crippen LogP contribution in [0.4, 0.5) is 0 Å². The maximum atomic E-state index is 11.2. The summed E-state index contributed by atoms with van der Waals surface area (Å²) in [5, 5.41) is 46.9. The molecule has 0 aliphatic heterocycles. The number of aliphatic hydroxyl groups excluding tert-OH is 5. The van der Waals surface area contributed by atoms with E-state index in [-0.39, 0.29) is 0 Å². The van der Waals surface area contributed by atoms with Gasteiger partial charge in [-0.2, -0.15) is 0 Å². The van der Waals surface area contributed by atoms with Gasteiger partial charge >= 0.3 is 5.97 Å². The van der Waals surface area contributed by atoms with Gasteiger partial charge in [0.15, 0.2) is 0 Å². The number of rotatable bonds is 8. The number of nitrogens with one attached hydrogen (secondary N) is 1. The summed E-state index contributed by atoms with van der Waals surface area (Å²) in [6, 6.07) is 0. The molecular formula is C10H20N2O7. The standard InChI is InChI=1S/C10H20N2O7/c1-11-12(2)19-8(16)4-3-6(14)9(17)10(18)7(15)5-13/h3-4,6-7,9-11,13-15,17-18H,5H2,1-2H3/b4-3+. The Bertz CT molecular complexity index is 300. The Morgan fingerprint density at radius 1 is 1.32 bits per heavy atom. The fraction of sp³-hybridized carbons (Fsp3) is 0.700. The van der Waals surface area contributed by atoms with Crippen LogP contribution in [-0.4, -0.2) is 81.8 Å². The zero-order valence-corrected chi connectivity index (χ0v) is 10.7. The number of aliphatic hydroxyl groups is 5. The van der Waals surface area contributed by atoms with Crippen molar-refractivity contribution in [1.82, 2.24) is 10.6 Å². The predicted octanol–water partition coefficient (Wildman–Crippen LogP) is -3.50. The van der Waals surface area contributed by atoms with Crippen molar-refractivity contribution in [3.05, 3.63) is 12.2 Å². The molecule has 0 saturated heterocycles. The van der Waals surface area contributed by atoms with Gasteiger partial charge in [-0.1, -0.05) is 5.17 Å². The summed E-state index contributed by atoms with van der Waals surface area (Å²) in [5.41, 5.74) is 2.49. The van der Waals surface area contributed by atoms with Crippen LogP contribution in [0, 0.1) is 0 Å². The van der Waals surface area contributed by atoms with E-state index in [2.05, 4.69) is 10.3 Å². The minimum absolute atomic E-state index is 0.774. The fourth-order valence-electron chi connectivity index (χ4n) is 1.04. The van der Waals surface area contributed by atoms with Crippen LogP contribution in [0.5, 0.6) is 0 Å². The van der Waals surface area contributed by atoms with Crippen LogP contribution in [0.3, 0.4) is 0 Å². The van der Waals surface area contributed by atoms with Crippen LogP contribution >= 0.6 is 0 Å². The monoisotopic (exact) mass is 280 g/mol. The van der Waals surface area contributed by atoms with E-state index in [1.807, 2.05) is 0 Å². The van der Waals surface area contributed by atoms with E-state index < -0.39 is 37.0 Å². The molecule has 0 saturated carbocycles. The number of carbonyl (C=O) groups excluding carboxylic acids is 1. The van der Waals surface area contributed by atoms with E-state index in [0.717, 1.165) is 17.3 Å². The van der Waals surface area contributed by atoms with Gasteiger partial charge in [-0.3, -0.25) is 0 Å². The zero-order chi connectivity index (χ0) is 15.0. The summed E-state index contributed by atoms with van der Waals surface area (Å²) in [5.74, 6) is -0.819. The van der Waals surface area contributed by atoms with Gasteiger partial charge in [-0.25, -0.2) is 10.2 Å². The smallest absolute Gasteiger partial charge is 0.350 e. The molecule has 0 aliphatic carbocycles. The molecule has 4 atom stereocenters. The van der Waals surface area contributed by atoms with E-state index in [1.54, 1.807) is 0 Å². The molecule has 0 radical (unpaired) electrons. The highest BCUT2D eigenvalue weighted by Gasteiger charge is 2.28. The van der Waals surface area contributed by atoms with Gasteiger partial charge in [0.05, 0.1) is 6.61 Å². The summed E-state index contributed by atoms with van der Waals surface area (Å²) >= 11 is 0. The van der Waals surface area contributed by atoms with Gasteiger partial charge in [0, 0.05) is 20.2 Å². The van der Waals surface area contributed by atoms with Crippen molar-refractivity contribution in [2.45, 2.75) is 24.4 Å². The summed E-state index contributed by atoms with van der Waals surface area (Å²) in [6.07, 6.45) is -4.97. The largest absolute Gasteiger partial charge is 0.394 e. The highest BCUT2D eigenvalue weighted by molar-refractivity contribution is 5.81. The molecule has 6 N–H and O–H groups in total. The molecule has 0 fully saturated rings. The van der Waals surface area contributed by atoms with Crippen molar-refractivity contribution < 1.29 is 35.2 Å². The third-order valence-electron chi connectivity index (χ3n) is 2.25. The molecule has 0 rings (SSSR count). The third-order valence-corrected chi connectivity index (χ3v) is 2.25. The molecule has 0 amide bonds. The minimum Gasteiger partial charge on any atom is -0.394 e. The Kier molecular flexibility index (Phi) is 8.43. The SMILES string of the molecule is CNN(C)OC(=O)/C=C/C(O)C(O)C(O)C(O)CO. The summed E-state index contributed by atoms with van der Waals surface area (Å²) in [7, 11) is 2.95. The van der Waals surface area contributed by atoms with E-state index in [0.29, 0.717) is 0 Å². The van der Waals surface area contributed by atoms with Gasteiger partial charge in [-0.15, -0.1) is 0 Å². The normalized spacial score (nSPS) is 18.3. The number of hydroxylamine groups is 1. The van der Waals surface area contributed by atoms with E-state index in [9.17, 15) is 20.1 Å². The maximum Gasteiger partial charge on any atom is 0.350 e. The highest BCUT2D eigenvalue weighted by atomic mass is 16.7. The Hall–Kier alpha value is -1.07. The molecule has 19 heavy (non-hydrogen) atoms. The van der Waals surface area contributed by atoms with Crippen LogP contribution in [-0.2, 0) is 9.63 Å². The highest BCUT2D eigenvalue weighted by Crippen LogP contribution is 2.06. The number of carbonyl (C=O) groups is 1. The van der Waals surface area contributed by atoms with E-state index in [1.165, 1.54) is 14.1 Å². The molecule has 4 unspecified atom stereocenters. The van der Waals surface area contributed by atoms with Gasteiger partial charge in [0.1, 0.15) is 24.4 Å².